The van der Waals surface area contributed by atoms with Gasteiger partial charge in [0.05, 0.1) is 0 Å². The van der Waals surface area contributed by atoms with Gasteiger partial charge in [-0.3, -0.25) is 15.1 Å². The van der Waals surface area contributed by atoms with Gasteiger partial charge in [-0.1, -0.05) is 22.0 Å². The molecule has 1 amide bonds. The highest BCUT2D eigenvalue weighted by Gasteiger charge is 2.22. The maximum absolute atomic E-state index is 11.4. The minimum atomic E-state index is -0.290. The van der Waals surface area contributed by atoms with Crippen LogP contribution in [-0.2, 0) is 6.54 Å². The summed E-state index contributed by atoms with van der Waals surface area (Å²) in [5, 5.41) is 8.98. The molecule has 0 spiro atoms. The van der Waals surface area contributed by atoms with Crippen LogP contribution in [0.15, 0.2) is 22.7 Å². The molecule has 110 valence electrons. The van der Waals surface area contributed by atoms with E-state index in [-0.39, 0.29) is 12.5 Å². The van der Waals surface area contributed by atoms with Gasteiger partial charge in [0.25, 0.3) is 5.91 Å². The molecule has 1 atom stereocenters. The van der Waals surface area contributed by atoms with Crippen molar-refractivity contribution in [3.63, 3.8) is 0 Å². The van der Waals surface area contributed by atoms with Gasteiger partial charge in [0, 0.05) is 29.7 Å². The molecule has 1 aliphatic rings. The van der Waals surface area contributed by atoms with Crippen LogP contribution in [-0.4, -0.2) is 35.6 Å². The molecule has 1 aliphatic heterocycles. The smallest absolute Gasteiger partial charge is 0.265 e. The molecule has 1 aromatic rings. The molecule has 1 saturated heterocycles. The van der Waals surface area contributed by atoms with Crippen molar-refractivity contribution in [1.29, 1.82) is 0 Å². The molecule has 6 heteroatoms. The summed E-state index contributed by atoms with van der Waals surface area (Å²) in [7, 11) is 0. The molecule has 20 heavy (non-hydrogen) atoms. The molecule has 1 heterocycles. The number of carbonyl (C=O) groups is 1. The van der Waals surface area contributed by atoms with E-state index in [1.807, 2.05) is 6.07 Å². The van der Waals surface area contributed by atoms with E-state index in [2.05, 4.69) is 26.3 Å². The van der Waals surface area contributed by atoms with Gasteiger partial charge in [-0.15, -0.1) is 0 Å². The first-order valence-corrected chi connectivity index (χ1v) is 7.56. The van der Waals surface area contributed by atoms with E-state index in [0.717, 1.165) is 42.5 Å². The van der Waals surface area contributed by atoms with Crippen LogP contribution in [0.25, 0.3) is 0 Å². The van der Waals surface area contributed by atoms with Gasteiger partial charge in [0.1, 0.15) is 0 Å². The van der Waals surface area contributed by atoms with Gasteiger partial charge < -0.3 is 5.11 Å². The van der Waals surface area contributed by atoms with Gasteiger partial charge in [-0.2, -0.15) is 0 Å². The molecular formula is C14H20BrN3O2. The number of hydrazine groups is 1. The van der Waals surface area contributed by atoms with Crippen LogP contribution in [0.1, 0.15) is 28.8 Å². The van der Waals surface area contributed by atoms with E-state index in [0.29, 0.717) is 11.5 Å². The van der Waals surface area contributed by atoms with Gasteiger partial charge >= 0.3 is 0 Å². The summed E-state index contributed by atoms with van der Waals surface area (Å²) >= 11 is 3.51. The average Bonchev–Trinajstić information content (AvgIpc) is 2.88. The van der Waals surface area contributed by atoms with E-state index in [1.165, 1.54) is 0 Å². The number of nitrogen functional groups attached to an aromatic ring is 1. The summed E-state index contributed by atoms with van der Waals surface area (Å²) < 4.78 is 0.921. The number of halogens is 1. The van der Waals surface area contributed by atoms with Crippen molar-refractivity contribution >= 4 is 21.8 Å². The number of carbonyl (C=O) groups excluding carboxylic acids is 1. The van der Waals surface area contributed by atoms with Crippen molar-refractivity contribution in [2.75, 3.05) is 19.7 Å². The molecule has 0 radical (unpaired) electrons. The van der Waals surface area contributed by atoms with Gasteiger partial charge in [-0.25, -0.2) is 5.84 Å². The van der Waals surface area contributed by atoms with E-state index in [1.54, 1.807) is 12.1 Å². The number of nitrogens with one attached hydrogen (secondary N) is 1. The lowest BCUT2D eigenvalue weighted by Crippen LogP contribution is -2.30. The fourth-order valence-corrected chi connectivity index (χ4v) is 3.12. The van der Waals surface area contributed by atoms with Crippen LogP contribution in [0, 0.1) is 5.92 Å². The molecule has 5 nitrogen and oxygen atoms in total. The summed E-state index contributed by atoms with van der Waals surface area (Å²) in [6, 6.07) is 5.52. The lowest BCUT2D eigenvalue weighted by atomic mass is 10.1. The predicted octanol–water partition coefficient (Wildman–Crippen LogP) is 1.26. The number of benzene rings is 1. The minimum absolute atomic E-state index is 0.269. The van der Waals surface area contributed by atoms with Crippen molar-refractivity contribution in [1.82, 2.24) is 10.3 Å². The fourth-order valence-electron chi connectivity index (χ4n) is 2.62. The largest absolute Gasteiger partial charge is 0.396 e. The molecule has 1 aromatic carbocycles. The molecule has 1 fully saturated rings. The third kappa shape index (κ3) is 3.79. The summed E-state index contributed by atoms with van der Waals surface area (Å²) in [6.07, 6.45) is 2.03. The maximum atomic E-state index is 11.4. The lowest BCUT2D eigenvalue weighted by molar-refractivity contribution is 0.0953. The highest BCUT2D eigenvalue weighted by atomic mass is 79.9. The monoisotopic (exact) mass is 341 g/mol. The normalized spacial score (nSPS) is 19.2. The Balaban J connectivity index is 1.98. The number of likely N-dealkylation sites (tertiary alicyclic amines) is 1. The van der Waals surface area contributed by atoms with Gasteiger partial charge in [-0.05, 0) is 43.0 Å². The average molecular weight is 342 g/mol. The first-order chi connectivity index (χ1) is 9.63. The topological polar surface area (TPSA) is 78.6 Å². The number of nitrogens with zero attached hydrogens (tertiary/aromatic N) is 1. The number of hydrogen-bond acceptors (Lipinski definition) is 4. The number of hydrogen-bond donors (Lipinski definition) is 3. The molecule has 0 bridgehead atoms. The Kier molecular flexibility index (Phi) is 5.54. The summed E-state index contributed by atoms with van der Waals surface area (Å²) in [6.45, 7) is 3.21. The van der Waals surface area contributed by atoms with Crippen molar-refractivity contribution in [3.05, 3.63) is 33.8 Å². The number of nitrogens with two attached hydrogens (primary N) is 1. The van der Waals surface area contributed by atoms with Crippen LogP contribution >= 0.6 is 15.9 Å². The molecule has 4 N–H and O–H groups in total. The SMILES string of the molecule is NNC(=O)c1ccc(CN2CCC(CCO)C2)c(Br)c1. The second-order valence-electron chi connectivity index (χ2n) is 5.18. The molecule has 0 aliphatic carbocycles. The second-order valence-corrected chi connectivity index (χ2v) is 6.04. The summed E-state index contributed by atoms with van der Waals surface area (Å²) in [4.78, 5) is 13.8. The Morgan fingerprint density at radius 1 is 1.55 bits per heavy atom. The Labute approximate surface area is 127 Å². The van der Waals surface area contributed by atoms with E-state index in [4.69, 9.17) is 10.9 Å². The quantitative estimate of drug-likeness (QED) is 0.428. The van der Waals surface area contributed by atoms with Crippen molar-refractivity contribution in [2.24, 2.45) is 11.8 Å². The Morgan fingerprint density at radius 2 is 2.35 bits per heavy atom. The van der Waals surface area contributed by atoms with Gasteiger partial charge in [0.2, 0.25) is 0 Å². The second kappa shape index (κ2) is 7.17. The molecule has 1 unspecified atom stereocenters. The van der Waals surface area contributed by atoms with E-state index >= 15 is 0 Å². The van der Waals surface area contributed by atoms with Crippen LogP contribution in [0.2, 0.25) is 0 Å². The highest BCUT2D eigenvalue weighted by molar-refractivity contribution is 9.10. The van der Waals surface area contributed by atoms with E-state index < -0.39 is 0 Å². The minimum Gasteiger partial charge on any atom is -0.396 e. The summed E-state index contributed by atoms with van der Waals surface area (Å²) in [5.41, 5.74) is 3.83. The maximum Gasteiger partial charge on any atom is 0.265 e. The van der Waals surface area contributed by atoms with Crippen molar-refractivity contribution in [2.45, 2.75) is 19.4 Å². The molecule has 0 saturated carbocycles. The number of amides is 1. The predicted molar refractivity (Wildman–Crippen MR) is 80.9 cm³/mol. The Hall–Kier alpha value is -0.950. The van der Waals surface area contributed by atoms with Crippen molar-refractivity contribution < 1.29 is 9.90 Å². The Bertz CT molecular complexity index is 481. The standard InChI is InChI=1S/C14H20BrN3O2/c15-13-7-11(14(20)17-16)1-2-12(13)9-18-5-3-10(8-18)4-6-19/h1-2,7,10,19H,3-6,8-9,16H2,(H,17,20). The first kappa shape index (κ1) is 15.4. The third-order valence-electron chi connectivity index (χ3n) is 3.75. The van der Waals surface area contributed by atoms with Crippen LogP contribution in [0.5, 0.6) is 0 Å². The molecular weight excluding hydrogens is 322 g/mol. The highest BCUT2D eigenvalue weighted by Crippen LogP contribution is 2.25. The summed E-state index contributed by atoms with van der Waals surface area (Å²) in [5.74, 6) is 5.43. The number of aliphatic hydroxyl groups excluding tert-OH is 1. The molecule has 0 aromatic heterocycles. The van der Waals surface area contributed by atoms with Gasteiger partial charge in [0.15, 0.2) is 0 Å². The van der Waals surface area contributed by atoms with Crippen LogP contribution < -0.4 is 11.3 Å². The van der Waals surface area contributed by atoms with Crippen LogP contribution in [0.4, 0.5) is 0 Å². The van der Waals surface area contributed by atoms with E-state index in [9.17, 15) is 4.79 Å². The zero-order chi connectivity index (χ0) is 14.5. The zero-order valence-corrected chi connectivity index (χ0v) is 12.9. The fraction of sp³-hybridized carbons (Fsp3) is 0.500. The Morgan fingerprint density at radius 3 is 3.00 bits per heavy atom. The lowest BCUT2D eigenvalue weighted by Gasteiger charge is -2.17. The first-order valence-electron chi connectivity index (χ1n) is 6.76. The van der Waals surface area contributed by atoms with Crippen LogP contribution in [0.3, 0.4) is 0 Å². The van der Waals surface area contributed by atoms with Crippen molar-refractivity contribution in [3.8, 4) is 0 Å². The number of rotatable bonds is 5. The zero-order valence-electron chi connectivity index (χ0n) is 11.3. The third-order valence-corrected chi connectivity index (χ3v) is 4.49. The molecule has 2 rings (SSSR count). The number of aliphatic hydroxyl groups is 1.